The van der Waals surface area contributed by atoms with Crippen LogP contribution in [0.2, 0.25) is 0 Å². The lowest BCUT2D eigenvalue weighted by atomic mass is 9.91. The molecule has 0 aliphatic carbocycles. The second kappa shape index (κ2) is 11.1. The zero-order valence-corrected chi connectivity index (χ0v) is 17.4. The topological polar surface area (TPSA) is 56.7 Å². The summed E-state index contributed by atoms with van der Waals surface area (Å²) in [7, 11) is 3.49. The Morgan fingerprint density at radius 2 is 1.54 bits per heavy atom. The van der Waals surface area contributed by atoms with Crippen LogP contribution in [0, 0.1) is 0 Å². The molecule has 0 spiro atoms. The van der Waals surface area contributed by atoms with E-state index in [1.165, 1.54) is 11.1 Å². The highest BCUT2D eigenvalue weighted by atomic mass is 16.2. The van der Waals surface area contributed by atoms with Gasteiger partial charge in [0.1, 0.15) is 6.54 Å². The molecule has 0 radical (unpaired) electrons. The monoisotopic (exact) mass is 380 g/mol. The fraction of sp³-hybridized carbons (Fsp3) is 0.391. The molecule has 1 amide bonds. The molecule has 2 rings (SSSR count). The number of hydrogen-bond acceptors (Lipinski definition) is 2. The smallest absolute Gasteiger partial charge is 0.243 e. The zero-order chi connectivity index (χ0) is 20.4. The minimum Gasteiger partial charge on any atom is -0.355 e. The lowest BCUT2D eigenvalue weighted by Crippen LogP contribution is -2.44. The van der Waals surface area contributed by atoms with Gasteiger partial charge in [0.25, 0.3) is 0 Å². The number of aliphatic imine (C=N–C) groups is 1. The van der Waals surface area contributed by atoms with Gasteiger partial charge in [0.05, 0.1) is 0 Å². The fourth-order valence-corrected chi connectivity index (χ4v) is 2.77. The molecule has 1 unspecified atom stereocenters. The Labute approximate surface area is 168 Å². The lowest BCUT2D eigenvalue weighted by molar-refractivity contribution is -0.127. The van der Waals surface area contributed by atoms with E-state index in [1.54, 1.807) is 19.0 Å². The molecule has 0 saturated carbocycles. The van der Waals surface area contributed by atoms with Crippen LogP contribution in [-0.2, 0) is 4.79 Å². The fourth-order valence-electron chi connectivity index (χ4n) is 2.77. The number of benzene rings is 2. The number of guanidine groups is 1. The number of nitrogens with one attached hydrogen (secondary N) is 2. The maximum absolute atomic E-state index is 11.9. The van der Waals surface area contributed by atoms with Crippen molar-refractivity contribution < 1.29 is 4.79 Å². The molecule has 1 atom stereocenters. The van der Waals surface area contributed by atoms with Gasteiger partial charge in [-0.15, -0.1) is 0 Å². The number of amides is 1. The third-order valence-corrected chi connectivity index (χ3v) is 4.74. The van der Waals surface area contributed by atoms with Crippen LogP contribution in [0.3, 0.4) is 0 Å². The van der Waals surface area contributed by atoms with E-state index in [0.717, 1.165) is 6.42 Å². The summed E-state index contributed by atoms with van der Waals surface area (Å²) in [5, 5.41) is 6.83. The maximum atomic E-state index is 11.9. The van der Waals surface area contributed by atoms with E-state index in [4.69, 9.17) is 0 Å². The van der Waals surface area contributed by atoms with E-state index < -0.39 is 0 Å². The Morgan fingerprint density at radius 3 is 2.00 bits per heavy atom. The Balaban J connectivity index is 2.18. The molecule has 2 aromatic carbocycles. The van der Waals surface area contributed by atoms with Gasteiger partial charge in [-0.25, -0.2) is 4.99 Å². The van der Waals surface area contributed by atoms with Gasteiger partial charge in [0.15, 0.2) is 5.96 Å². The summed E-state index contributed by atoms with van der Waals surface area (Å²) in [5.74, 6) is 0.838. The number of hydrogen-bond donors (Lipinski definition) is 2. The molecule has 0 saturated heterocycles. The van der Waals surface area contributed by atoms with E-state index in [1.807, 2.05) is 12.1 Å². The molecule has 0 aromatic heterocycles. The van der Waals surface area contributed by atoms with Crippen molar-refractivity contribution in [2.75, 3.05) is 27.2 Å². The molecule has 0 aliphatic rings. The van der Waals surface area contributed by atoms with Gasteiger partial charge in [-0.2, -0.15) is 0 Å². The molecular weight excluding hydrogens is 348 g/mol. The van der Waals surface area contributed by atoms with Crippen LogP contribution in [0.5, 0.6) is 0 Å². The minimum atomic E-state index is -0.0204. The van der Waals surface area contributed by atoms with Gasteiger partial charge in [0, 0.05) is 32.6 Å². The van der Waals surface area contributed by atoms with E-state index in [9.17, 15) is 4.79 Å². The average molecular weight is 381 g/mol. The second-order valence-electron chi connectivity index (χ2n) is 7.16. The molecule has 28 heavy (non-hydrogen) atoms. The van der Waals surface area contributed by atoms with Gasteiger partial charge in [-0.1, -0.05) is 67.6 Å². The number of carbonyl (C=O) groups excluding carboxylic acids is 1. The second-order valence-corrected chi connectivity index (χ2v) is 7.16. The van der Waals surface area contributed by atoms with Crippen molar-refractivity contribution in [1.82, 2.24) is 15.5 Å². The van der Waals surface area contributed by atoms with Crippen molar-refractivity contribution in [1.29, 1.82) is 0 Å². The molecule has 5 heteroatoms. The van der Waals surface area contributed by atoms with Gasteiger partial charge in [0.2, 0.25) is 5.91 Å². The number of carbonyl (C=O) groups is 1. The van der Waals surface area contributed by atoms with Crippen molar-refractivity contribution in [3.05, 3.63) is 71.8 Å². The zero-order valence-electron chi connectivity index (χ0n) is 17.4. The van der Waals surface area contributed by atoms with E-state index in [2.05, 4.69) is 78.0 Å². The number of rotatable bonds is 8. The third-order valence-electron chi connectivity index (χ3n) is 4.74. The molecule has 0 bridgehead atoms. The maximum Gasteiger partial charge on any atom is 0.243 e. The average Bonchev–Trinajstić information content (AvgIpc) is 2.73. The summed E-state index contributed by atoms with van der Waals surface area (Å²) in [6.07, 6.45) is 0.975. The summed E-state index contributed by atoms with van der Waals surface area (Å²) >= 11 is 0. The van der Waals surface area contributed by atoms with Crippen molar-refractivity contribution in [3.63, 3.8) is 0 Å². The predicted molar refractivity (Wildman–Crippen MR) is 117 cm³/mol. The highest BCUT2D eigenvalue weighted by molar-refractivity contribution is 5.85. The van der Waals surface area contributed by atoms with Gasteiger partial charge < -0.3 is 15.5 Å². The van der Waals surface area contributed by atoms with Gasteiger partial charge in [-0.05, 0) is 24.5 Å². The summed E-state index contributed by atoms with van der Waals surface area (Å²) in [4.78, 5) is 18.0. The van der Waals surface area contributed by atoms with Crippen molar-refractivity contribution in [2.24, 2.45) is 4.99 Å². The highest BCUT2D eigenvalue weighted by Crippen LogP contribution is 2.23. The van der Waals surface area contributed by atoms with Crippen molar-refractivity contribution in [2.45, 2.75) is 32.2 Å². The molecule has 0 aliphatic heterocycles. The summed E-state index contributed by atoms with van der Waals surface area (Å²) in [6.45, 7) is 5.04. The van der Waals surface area contributed by atoms with Crippen molar-refractivity contribution >= 4 is 11.9 Å². The summed E-state index contributed by atoms with van der Waals surface area (Å²) < 4.78 is 0. The largest absolute Gasteiger partial charge is 0.355 e. The van der Waals surface area contributed by atoms with Crippen LogP contribution in [-0.4, -0.2) is 50.0 Å². The molecule has 150 valence electrons. The van der Waals surface area contributed by atoms with Gasteiger partial charge in [-0.3, -0.25) is 4.79 Å². The van der Waals surface area contributed by atoms with Crippen LogP contribution in [0.15, 0.2) is 65.7 Å². The van der Waals surface area contributed by atoms with E-state index in [0.29, 0.717) is 12.5 Å². The molecular formula is C23H32N4O. The standard InChI is InChI=1S/C23H32N4O/c1-5-18(2)26-23(25-17-22(28)27(3)4)24-16-21(19-12-8-6-9-13-19)20-14-10-7-11-15-20/h6-15,18,21H,5,16-17H2,1-4H3,(H2,24,25,26). The third kappa shape index (κ3) is 6.72. The summed E-state index contributed by atoms with van der Waals surface area (Å²) in [5.41, 5.74) is 2.49. The molecule has 0 fully saturated rings. The number of likely N-dealkylation sites (N-methyl/N-ethyl adjacent to an activating group) is 1. The highest BCUT2D eigenvalue weighted by Gasteiger charge is 2.15. The summed E-state index contributed by atoms with van der Waals surface area (Å²) in [6, 6.07) is 21.2. The van der Waals surface area contributed by atoms with Gasteiger partial charge >= 0.3 is 0 Å². The Kier molecular flexibility index (Phi) is 8.53. The van der Waals surface area contributed by atoms with Crippen molar-refractivity contribution in [3.8, 4) is 0 Å². The van der Waals surface area contributed by atoms with Crippen LogP contribution in [0.4, 0.5) is 0 Å². The Bertz CT molecular complexity index is 704. The van der Waals surface area contributed by atoms with Crippen LogP contribution in [0.25, 0.3) is 0 Å². The van der Waals surface area contributed by atoms with Crippen LogP contribution < -0.4 is 10.6 Å². The minimum absolute atomic E-state index is 0.0204. The van der Waals surface area contributed by atoms with Crippen LogP contribution in [0.1, 0.15) is 37.3 Å². The predicted octanol–water partition coefficient (Wildman–Crippen LogP) is 3.24. The van der Waals surface area contributed by atoms with Crippen LogP contribution >= 0.6 is 0 Å². The lowest BCUT2D eigenvalue weighted by Gasteiger charge is -2.22. The Hall–Kier alpha value is -2.82. The molecule has 5 nitrogen and oxygen atoms in total. The van der Waals surface area contributed by atoms with E-state index in [-0.39, 0.29) is 24.4 Å². The normalized spacial score (nSPS) is 12.5. The molecule has 2 aromatic rings. The SMILES string of the molecule is CCC(C)NC(=NCC(=O)N(C)C)NCC(c1ccccc1)c1ccccc1. The molecule has 2 N–H and O–H groups in total. The first-order chi connectivity index (χ1) is 13.5. The van der Waals surface area contributed by atoms with E-state index >= 15 is 0 Å². The first-order valence-electron chi connectivity index (χ1n) is 9.86. The molecule has 0 heterocycles. The first kappa shape index (κ1) is 21.5. The Morgan fingerprint density at radius 1 is 1.00 bits per heavy atom. The quantitative estimate of drug-likeness (QED) is 0.546. The number of nitrogens with zero attached hydrogens (tertiary/aromatic N) is 2. The first-order valence-corrected chi connectivity index (χ1v) is 9.86.